The lowest BCUT2D eigenvalue weighted by Crippen LogP contribution is -2.31. The van der Waals surface area contributed by atoms with Crippen LogP contribution < -0.4 is 5.32 Å². The summed E-state index contributed by atoms with van der Waals surface area (Å²) in [6, 6.07) is 18.6. The van der Waals surface area contributed by atoms with E-state index in [9.17, 15) is 4.79 Å². The molecule has 0 saturated heterocycles. The molecule has 0 fully saturated rings. The van der Waals surface area contributed by atoms with Gasteiger partial charge in [-0.3, -0.25) is 9.69 Å². The van der Waals surface area contributed by atoms with Gasteiger partial charge in [-0.05, 0) is 37.4 Å². The zero-order valence-electron chi connectivity index (χ0n) is 14.8. The van der Waals surface area contributed by atoms with E-state index in [0.29, 0.717) is 0 Å². The quantitative estimate of drug-likeness (QED) is 0.809. The smallest absolute Gasteiger partial charge is 0.221 e. The van der Waals surface area contributed by atoms with E-state index in [1.54, 1.807) is 0 Å². The molecule has 0 saturated carbocycles. The van der Waals surface area contributed by atoms with Crippen LogP contribution in [0.1, 0.15) is 18.1 Å². The van der Waals surface area contributed by atoms with Gasteiger partial charge >= 0.3 is 0 Å². The molecule has 4 nitrogen and oxygen atoms in total. The van der Waals surface area contributed by atoms with Crippen molar-refractivity contribution < 1.29 is 4.79 Å². The van der Waals surface area contributed by atoms with Crippen molar-refractivity contribution in [3.05, 3.63) is 65.7 Å². The van der Waals surface area contributed by atoms with Gasteiger partial charge < -0.3 is 10.2 Å². The predicted octanol–water partition coefficient (Wildman–Crippen LogP) is 3.21. The lowest BCUT2D eigenvalue weighted by Gasteiger charge is -2.24. The standard InChI is InChI=1S/C20H27N3O/c1-17(24)21-20-11-9-19(10-12-20)16-23(14-13-22(2)3)15-18-7-5-4-6-8-18/h4-12H,13-16H2,1-3H3,(H,21,24). The highest BCUT2D eigenvalue weighted by Gasteiger charge is 2.08. The molecule has 0 radical (unpaired) electrons. The van der Waals surface area contributed by atoms with E-state index in [-0.39, 0.29) is 5.91 Å². The van der Waals surface area contributed by atoms with Crippen LogP contribution in [0.5, 0.6) is 0 Å². The lowest BCUT2D eigenvalue weighted by molar-refractivity contribution is -0.114. The number of amides is 1. The van der Waals surface area contributed by atoms with Crippen molar-refractivity contribution in [1.29, 1.82) is 0 Å². The number of carbonyl (C=O) groups excluding carboxylic acids is 1. The van der Waals surface area contributed by atoms with Crippen LogP contribution in [0.25, 0.3) is 0 Å². The molecule has 4 heteroatoms. The van der Waals surface area contributed by atoms with Crippen molar-refractivity contribution in [2.45, 2.75) is 20.0 Å². The van der Waals surface area contributed by atoms with Crippen LogP contribution in [0.15, 0.2) is 54.6 Å². The minimum atomic E-state index is -0.0422. The number of hydrogen-bond acceptors (Lipinski definition) is 3. The van der Waals surface area contributed by atoms with Crippen molar-refractivity contribution in [2.75, 3.05) is 32.5 Å². The minimum absolute atomic E-state index is 0.0422. The van der Waals surface area contributed by atoms with Crippen LogP contribution in [0, 0.1) is 0 Å². The molecular weight excluding hydrogens is 298 g/mol. The maximum Gasteiger partial charge on any atom is 0.221 e. The van der Waals surface area contributed by atoms with Gasteiger partial charge in [0, 0.05) is 38.8 Å². The summed E-state index contributed by atoms with van der Waals surface area (Å²) >= 11 is 0. The van der Waals surface area contributed by atoms with Gasteiger partial charge in [0.1, 0.15) is 0 Å². The summed E-state index contributed by atoms with van der Waals surface area (Å²) in [6.07, 6.45) is 0. The van der Waals surface area contributed by atoms with Gasteiger partial charge in [-0.2, -0.15) is 0 Å². The fourth-order valence-corrected chi connectivity index (χ4v) is 2.55. The molecule has 0 aromatic heterocycles. The number of carbonyl (C=O) groups is 1. The van der Waals surface area contributed by atoms with Gasteiger partial charge in [0.15, 0.2) is 0 Å². The zero-order chi connectivity index (χ0) is 17.4. The first-order valence-corrected chi connectivity index (χ1v) is 8.30. The topological polar surface area (TPSA) is 35.6 Å². The van der Waals surface area contributed by atoms with Crippen molar-refractivity contribution in [3.63, 3.8) is 0 Å². The Kier molecular flexibility index (Phi) is 6.97. The zero-order valence-corrected chi connectivity index (χ0v) is 14.8. The summed E-state index contributed by atoms with van der Waals surface area (Å²) in [5.74, 6) is -0.0422. The molecule has 0 unspecified atom stereocenters. The Morgan fingerprint density at radius 3 is 2.00 bits per heavy atom. The highest BCUT2D eigenvalue weighted by atomic mass is 16.1. The van der Waals surface area contributed by atoms with E-state index >= 15 is 0 Å². The van der Waals surface area contributed by atoms with E-state index in [2.05, 4.69) is 71.7 Å². The third-order valence-electron chi connectivity index (χ3n) is 3.79. The van der Waals surface area contributed by atoms with Crippen LogP contribution >= 0.6 is 0 Å². The Morgan fingerprint density at radius 2 is 1.46 bits per heavy atom. The molecule has 0 bridgehead atoms. The van der Waals surface area contributed by atoms with Gasteiger partial charge in [-0.25, -0.2) is 0 Å². The summed E-state index contributed by atoms with van der Waals surface area (Å²) in [5, 5.41) is 2.81. The largest absolute Gasteiger partial charge is 0.326 e. The maximum atomic E-state index is 11.1. The molecule has 2 rings (SSSR count). The van der Waals surface area contributed by atoms with E-state index in [1.165, 1.54) is 18.1 Å². The van der Waals surface area contributed by atoms with Crippen molar-refractivity contribution in [1.82, 2.24) is 9.80 Å². The Morgan fingerprint density at radius 1 is 0.875 bits per heavy atom. The first-order chi connectivity index (χ1) is 11.5. The minimum Gasteiger partial charge on any atom is -0.326 e. The molecule has 0 spiro atoms. The second kappa shape index (κ2) is 9.21. The fourth-order valence-electron chi connectivity index (χ4n) is 2.55. The SMILES string of the molecule is CC(=O)Nc1ccc(CN(CCN(C)C)Cc2ccccc2)cc1. The summed E-state index contributed by atoms with van der Waals surface area (Å²) in [4.78, 5) is 15.8. The first kappa shape index (κ1) is 18.2. The van der Waals surface area contributed by atoms with Crippen LogP contribution in [0.2, 0.25) is 0 Å². The number of nitrogens with one attached hydrogen (secondary N) is 1. The average Bonchev–Trinajstić information content (AvgIpc) is 2.55. The van der Waals surface area contributed by atoms with E-state index in [1.807, 2.05) is 12.1 Å². The van der Waals surface area contributed by atoms with Gasteiger partial charge in [-0.1, -0.05) is 42.5 Å². The van der Waals surface area contributed by atoms with E-state index < -0.39 is 0 Å². The fraction of sp³-hybridized carbons (Fsp3) is 0.350. The van der Waals surface area contributed by atoms with E-state index in [4.69, 9.17) is 0 Å². The molecule has 1 amide bonds. The number of rotatable bonds is 8. The molecule has 1 N–H and O–H groups in total. The van der Waals surface area contributed by atoms with Crippen LogP contribution in [-0.4, -0.2) is 42.9 Å². The van der Waals surface area contributed by atoms with Crippen molar-refractivity contribution in [3.8, 4) is 0 Å². The highest BCUT2D eigenvalue weighted by molar-refractivity contribution is 5.88. The number of anilines is 1. The normalized spacial score (nSPS) is 11.0. The maximum absolute atomic E-state index is 11.1. The van der Waals surface area contributed by atoms with Crippen LogP contribution in [-0.2, 0) is 17.9 Å². The summed E-state index contributed by atoms with van der Waals surface area (Å²) < 4.78 is 0. The van der Waals surface area contributed by atoms with Crippen LogP contribution in [0.3, 0.4) is 0 Å². The van der Waals surface area contributed by atoms with Gasteiger partial charge in [-0.15, -0.1) is 0 Å². The highest BCUT2D eigenvalue weighted by Crippen LogP contribution is 2.13. The number of hydrogen-bond donors (Lipinski definition) is 1. The third-order valence-corrected chi connectivity index (χ3v) is 3.79. The number of benzene rings is 2. The van der Waals surface area contributed by atoms with E-state index in [0.717, 1.165) is 31.9 Å². The first-order valence-electron chi connectivity index (χ1n) is 8.30. The molecule has 2 aromatic rings. The molecule has 0 aliphatic heterocycles. The second-order valence-electron chi connectivity index (χ2n) is 6.38. The van der Waals surface area contributed by atoms with Gasteiger partial charge in [0.25, 0.3) is 0 Å². The monoisotopic (exact) mass is 325 g/mol. The predicted molar refractivity (Wildman–Crippen MR) is 99.9 cm³/mol. The Hall–Kier alpha value is -2.17. The summed E-state index contributed by atoms with van der Waals surface area (Å²) in [7, 11) is 4.20. The van der Waals surface area contributed by atoms with Crippen LogP contribution in [0.4, 0.5) is 5.69 Å². The molecular formula is C20H27N3O. The molecule has 0 atom stereocenters. The molecule has 128 valence electrons. The number of nitrogens with zero attached hydrogens (tertiary/aromatic N) is 2. The molecule has 0 aliphatic rings. The molecule has 24 heavy (non-hydrogen) atoms. The van der Waals surface area contributed by atoms with Gasteiger partial charge in [0.2, 0.25) is 5.91 Å². The number of likely N-dealkylation sites (N-methyl/N-ethyl adjacent to an activating group) is 1. The van der Waals surface area contributed by atoms with Crippen molar-refractivity contribution in [2.24, 2.45) is 0 Å². The Labute approximate surface area is 145 Å². The average molecular weight is 325 g/mol. The molecule has 0 aliphatic carbocycles. The Bertz CT molecular complexity index is 623. The second-order valence-corrected chi connectivity index (χ2v) is 6.38. The molecule has 0 heterocycles. The summed E-state index contributed by atoms with van der Waals surface area (Å²) in [5.41, 5.74) is 3.42. The Balaban J connectivity index is 2.02. The molecule has 2 aromatic carbocycles. The van der Waals surface area contributed by atoms with Crippen molar-refractivity contribution >= 4 is 11.6 Å². The lowest BCUT2D eigenvalue weighted by atomic mass is 10.1. The third kappa shape index (κ3) is 6.52. The van der Waals surface area contributed by atoms with Gasteiger partial charge in [0.05, 0.1) is 0 Å². The summed E-state index contributed by atoms with van der Waals surface area (Å²) in [6.45, 7) is 5.38.